The van der Waals surface area contributed by atoms with E-state index in [1.165, 1.54) is 80.1 Å². The van der Waals surface area contributed by atoms with Gasteiger partial charge in [-0.05, 0) is 51.4 Å². The summed E-state index contributed by atoms with van der Waals surface area (Å²) in [5, 5.41) is 0. The van der Waals surface area contributed by atoms with Crippen LogP contribution in [0.4, 0.5) is 0 Å². The number of allylic oxidation sites excluding steroid dienone is 2. The molecule has 2 rings (SSSR count). The third-order valence-electron chi connectivity index (χ3n) is 6.30. The van der Waals surface area contributed by atoms with E-state index >= 15 is 0 Å². The lowest BCUT2D eigenvalue weighted by Crippen LogP contribution is -2.48. The summed E-state index contributed by atoms with van der Waals surface area (Å²) >= 11 is 0. The molecule has 31 heavy (non-hydrogen) atoms. The first-order valence-corrected chi connectivity index (χ1v) is 12.4. The van der Waals surface area contributed by atoms with Crippen molar-refractivity contribution >= 4 is 0 Å². The quantitative estimate of drug-likeness (QED) is 0.129. The van der Waals surface area contributed by atoms with Crippen LogP contribution >= 0.6 is 0 Å². The SMILES string of the molecule is C=CCCCCCC[N+](CCCCCCC=C)(Cc1ccccc1)Cc1ccccc1. The van der Waals surface area contributed by atoms with E-state index in [2.05, 4.69) is 86.0 Å². The van der Waals surface area contributed by atoms with Gasteiger partial charge < -0.3 is 4.48 Å². The second-order valence-electron chi connectivity index (χ2n) is 9.06. The molecule has 0 atom stereocenters. The Hall–Kier alpha value is -2.12. The van der Waals surface area contributed by atoms with Gasteiger partial charge >= 0.3 is 0 Å². The second-order valence-corrected chi connectivity index (χ2v) is 9.06. The minimum absolute atomic E-state index is 1.13. The van der Waals surface area contributed by atoms with Gasteiger partial charge in [0.2, 0.25) is 0 Å². The van der Waals surface area contributed by atoms with E-state index in [-0.39, 0.29) is 0 Å². The highest BCUT2D eigenvalue weighted by molar-refractivity contribution is 5.15. The number of unbranched alkanes of at least 4 members (excludes halogenated alkanes) is 8. The smallest absolute Gasteiger partial charge is 0.105 e. The molecule has 0 spiro atoms. The molecule has 0 fully saturated rings. The first-order valence-electron chi connectivity index (χ1n) is 12.4. The van der Waals surface area contributed by atoms with E-state index in [1.807, 2.05) is 0 Å². The number of hydrogen-bond acceptors (Lipinski definition) is 0. The molecule has 0 heterocycles. The number of nitrogens with zero attached hydrogens (tertiary/aromatic N) is 1. The molecule has 0 aliphatic rings. The van der Waals surface area contributed by atoms with Crippen LogP contribution in [0.5, 0.6) is 0 Å². The average molecular weight is 419 g/mol. The fraction of sp³-hybridized carbons (Fsp3) is 0.467. The molecule has 0 N–H and O–H groups in total. The Bertz CT molecular complexity index is 640. The molecule has 0 amide bonds. The molecule has 1 nitrogen and oxygen atoms in total. The molecule has 0 aromatic heterocycles. The highest BCUT2D eigenvalue weighted by Crippen LogP contribution is 2.24. The molecule has 168 valence electrons. The molecule has 0 bridgehead atoms. The third-order valence-corrected chi connectivity index (χ3v) is 6.30. The minimum atomic E-state index is 1.13. The van der Waals surface area contributed by atoms with Crippen LogP contribution in [0.3, 0.4) is 0 Å². The molecular weight excluding hydrogens is 374 g/mol. The lowest BCUT2D eigenvalue weighted by molar-refractivity contribution is -0.954. The summed E-state index contributed by atoms with van der Waals surface area (Å²) in [7, 11) is 0. The van der Waals surface area contributed by atoms with Gasteiger partial charge in [-0.2, -0.15) is 0 Å². The monoisotopic (exact) mass is 418 g/mol. The largest absolute Gasteiger partial charge is 0.316 e. The van der Waals surface area contributed by atoms with Crippen molar-refractivity contribution in [1.29, 1.82) is 0 Å². The summed E-state index contributed by atoms with van der Waals surface area (Å²) in [5.74, 6) is 0. The first kappa shape index (κ1) is 25.1. The van der Waals surface area contributed by atoms with E-state index in [1.54, 1.807) is 0 Å². The van der Waals surface area contributed by atoms with E-state index in [0.717, 1.165) is 25.9 Å². The van der Waals surface area contributed by atoms with Gasteiger partial charge in [-0.25, -0.2) is 0 Å². The van der Waals surface area contributed by atoms with E-state index in [4.69, 9.17) is 0 Å². The second kappa shape index (κ2) is 15.6. The minimum Gasteiger partial charge on any atom is -0.316 e. The van der Waals surface area contributed by atoms with Crippen molar-refractivity contribution in [3.8, 4) is 0 Å². The summed E-state index contributed by atoms with van der Waals surface area (Å²) in [5.41, 5.74) is 2.94. The normalized spacial score (nSPS) is 11.4. The Kier molecular flexibility index (Phi) is 12.7. The van der Waals surface area contributed by atoms with E-state index in [0.29, 0.717) is 0 Å². The zero-order valence-electron chi connectivity index (χ0n) is 19.7. The Balaban J connectivity index is 2.09. The van der Waals surface area contributed by atoms with Crippen LogP contribution < -0.4 is 0 Å². The number of quaternary nitrogens is 1. The van der Waals surface area contributed by atoms with Crippen molar-refractivity contribution in [2.75, 3.05) is 13.1 Å². The van der Waals surface area contributed by atoms with Gasteiger partial charge in [0.05, 0.1) is 13.1 Å². The summed E-state index contributed by atoms with van der Waals surface area (Å²) in [6, 6.07) is 22.3. The Morgan fingerprint density at radius 2 is 0.903 bits per heavy atom. The molecular formula is C30H44N+. The van der Waals surface area contributed by atoms with Crippen LogP contribution in [0, 0.1) is 0 Å². The summed E-state index contributed by atoms with van der Waals surface area (Å²) in [6.45, 7) is 12.5. The van der Waals surface area contributed by atoms with Gasteiger partial charge in [-0.15, -0.1) is 13.2 Å². The summed E-state index contributed by atoms with van der Waals surface area (Å²) in [6.07, 6.45) is 16.9. The maximum Gasteiger partial charge on any atom is 0.105 e. The predicted molar refractivity (Wildman–Crippen MR) is 137 cm³/mol. The lowest BCUT2D eigenvalue weighted by atomic mass is 10.0. The molecule has 2 aromatic carbocycles. The van der Waals surface area contributed by atoms with Crippen LogP contribution in [0.25, 0.3) is 0 Å². The van der Waals surface area contributed by atoms with Crippen molar-refractivity contribution in [3.63, 3.8) is 0 Å². The Morgan fingerprint density at radius 1 is 0.516 bits per heavy atom. The summed E-state index contributed by atoms with van der Waals surface area (Å²) < 4.78 is 1.18. The van der Waals surface area contributed by atoms with E-state index < -0.39 is 0 Å². The molecule has 0 saturated heterocycles. The number of benzene rings is 2. The number of rotatable bonds is 18. The molecule has 0 unspecified atom stereocenters. The van der Waals surface area contributed by atoms with Crippen LogP contribution in [0.1, 0.15) is 75.3 Å². The standard InChI is InChI=1S/C30H44N/c1-3-5-7-9-11-19-25-31(26-20-12-10-8-6-4-2,27-29-21-15-13-16-22-29)28-30-23-17-14-18-24-30/h3-4,13-18,21-24H,1-2,5-12,19-20,25-28H2/q+1. The van der Waals surface area contributed by atoms with Crippen LogP contribution in [-0.2, 0) is 13.1 Å². The van der Waals surface area contributed by atoms with Crippen LogP contribution in [-0.4, -0.2) is 17.6 Å². The highest BCUT2D eigenvalue weighted by Gasteiger charge is 2.27. The molecule has 0 saturated carbocycles. The van der Waals surface area contributed by atoms with Crippen LogP contribution in [0.15, 0.2) is 86.0 Å². The fourth-order valence-corrected chi connectivity index (χ4v) is 4.60. The topological polar surface area (TPSA) is 0 Å². The molecule has 0 aliphatic heterocycles. The maximum atomic E-state index is 3.86. The van der Waals surface area contributed by atoms with E-state index in [9.17, 15) is 0 Å². The van der Waals surface area contributed by atoms with Gasteiger partial charge in [-0.3, -0.25) is 0 Å². The summed E-state index contributed by atoms with van der Waals surface area (Å²) in [4.78, 5) is 0. The van der Waals surface area contributed by atoms with Crippen molar-refractivity contribution in [1.82, 2.24) is 0 Å². The lowest BCUT2D eigenvalue weighted by Gasteiger charge is -2.39. The molecule has 0 radical (unpaired) electrons. The van der Waals surface area contributed by atoms with Gasteiger partial charge in [-0.1, -0.05) is 85.7 Å². The van der Waals surface area contributed by atoms with Gasteiger partial charge in [0.25, 0.3) is 0 Å². The number of hydrogen-bond donors (Lipinski definition) is 0. The highest BCUT2D eigenvalue weighted by atomic mass is 15.3. The van der Waals surface area contributed by atoms with Crippen molar-refractivity contribution in [2.24, 2.45) is 0 Å². The molecule has 2 aromatic rings. The van der Waals surface area contributed by atoms with Crippen LogP contribution in [0.2, 0.25) is 0 Å². The van der Waals surface area contributed by atoms with Gasteiger partial charge in [0.15, 0.2) is 0 Å². The van der Waals surface area contributed by atoms with Crippen molar-refractivity contribution in [2.45, 2.75) is 77.3 Å². The fourth-order valence-electron chi connectivity index (χ4n) is 4.60. The average Bonchev–Trinajstić information content (AvgIpc) is 2.80. The van der Waals surface area contributed by atoms with Gasteiger partial charge in [0, 0.05) is 11.1 Å². The Labute approximate surface area is 192 Å². The zero-order valence-corrected chi connectivity index (χ0v) is 19.7. The maximum absolute atomic E-state index is 3.86. The predicted octanol–water partition coefficient (Wildman–Crippen LogP) is 8.48. The molecule has 1 heteroatoms. The molecule has 0 aliphatic carbocycles. The Morgan fingerprint density at radius 3 is 1.29 bits per heavy atom. The zero-order chi connectivity index (χ0) is 22.0. The first-order chi connectivity index (χ1) is 15.3. The van der Waals surface area contributed by atoms with Crippen molar-refractivity contribution < 1.29 is 4.48 Å². The van der Waals surface area contributed by atoms with Crippen molar-refractivity contribution in [3.05, 3.63) is 97.1 Å². The third kappa shape index (κ3) is 10.6. The van der Waals surface area contributed by atoms with Gasteiger partial charge in [0.1, 0.15) is 13.1 Å².